The Bertz CT molecular complexity index is 739. The van der Waals surface area contributed by atoms with Crippen molar-refractivity contribution in [3.05, 3.63) is 47.0 Å². The number of fused-ring (bicyclic) bond motifs is 1. The molecule has 0 saturated heterocycles. The molecular formula is C16H19F3N4O. The lowest BCUT2D eigenvalue weighted by Crippen LogP contribution is -2.43. The quantitative estimate of drug-likeness (QED) is 0.932. The lowest BCUT2D eigenvalue weighted by molar-refractivity contribution is -0.137. The summed E-state index contributed by atoms with van der Waals surface area (Å²) >= 11 is 0. The van der Waals surface area contributed by atoms with Gasteiger partial charge in [0.25, 0.3) is 0 Å². The standard InChI is InChI=1S/C16H19F3N4O/c1-11-20-21-14-9-22(6-7-23(11)14)10-15(2,24)12-4-3-5-13(8-12)16(17,18)19/h3-5,8,24H,6-7,9-10H2,1-2H3/t15-/m0/s1. The lowest BCUT2D eigenvalue weighted by Gasteiger charge is -2.34. The highest BCUT2D eigenvalue weighted by molar-refractivity contribution is 5.30. The first kappa shape index (κ1) is 16.9. The fourth-order valence-corrected chi connectivity index (χ4v) is 3.05. The van der Waals surface area contributed by atoms with Gasteiger partial charge in [-0.15, -0.1) is 10.2 Å². The van der Waals surface area contributed by atoms with E-state index < -0.39 is 17.3 Å². The van der Waals surface area contributed by atoms with Crippen LogP contribution < -0.4 is 0 Å². The predicted octanol–water partition coefficient (Wildman–Crippen LogP) is 2.33. The maximum Gasteiger partial charge on any atom is 0.416 e. The maximum absolute atomic E-state index is 12.9. The molecule has 0 unspecified atom stereocenters. The van der Waals surface area contributed by atoms with Crippen LogP contribution >= 0.6 is 0 Å². The summed E-state index contributed by atoms with van der Waals surface area (Å²) in [6, 6.07) is 4.86. The van der Waals surface area contributed by atoms with Crippen LogP contribution in [0.3, 0.4) is 0 Å². The molecular weight excluding hydrogens is 321 g/mol. The van der Waals surface area contributed by atoms with E-state index in [1.54, 1.807) is 0 Å². The van der Waals surface area contributed by atoms with Gasteiger partial charge in [-0.3, -0.25) is 4.90 Å². The Morgan fingerprint density at radius 1 is 1.17 bits per heavy atom. The topological polar surface area (TPSA) is 54.2 Å². The highest BCUT2D eigenvalue weighted by Crippen LogP contribution is 2.32. The minimum absolute atomic E-state index is 0.222. The van der Waals surface area contributed by atoms with Crippen molar-refractivity contribution < 1.29 is 18.3 Å². The first-order chi connectivity index (χ1) is 11.2. The minimum atomic E-state index is -4.43. The number of aromatic nitrogens is 3. The van der Waals surface area contributed by atoms with E-state index in [1.807, 2.05) is 16.4 Å². The van der Waals surface area contributed by atoms with Gasteiger partial charge in [0.05, 0.1) is 17.7 Å². The molecule has 3 rings (SSSR count). The van der Waals surface area contributed by atoms with Gasteiger partial charge in [0.15, 0.2) is 0 Å². The van der Waals surface area contributed by atoms with E-state index in [0.29, 0.717) is 19.6 Å². The molecule has 130 valence electrons. The Balaban J connectivity index is 1.77. The molecule has 0 saturated carbocycles. The van der Waals surface area contributed by atoms with Crippen LogP contribution in [-0.4, -0.2) is 37.9 Å². The molecule has 24 heavy (non-hydrogen) atoms. The Morgan fingerprint density at radius 3 is 2.58 bits per heavy atom. The molecule has 1 aliphatic rings. The van der Waals surface area contributed by atoms with Crippen LogP contribution in [0, 0.1) is 6.92 Å². The van der Waals surface area contributed by atoms with E-state index in [1.165, 1.54) is 19.1 Å². The molecule has 2 heterocycles. The highest BCUT2D eigenvalue weighted by atomic mass is 19.4. The van der Waals surface area contributed by atoms with Gasteiger partial charge in [-0.25, -0.2) is 0 Å². The predicted molar refractivity (Wildman–Crippen MR) is 81.1 cm³/mol. The first-order valence-corrected chi connectivity index (χ1v) is 7.68. The average Bonchev–Trinajstić information content (AvgIpc) is 2.87. The van der Waals surface area contributed by atoms with Crippen LogP contribution in [0.5, 0.6) is 0 Å². The van der Waals surface area contributed by atoms with E-state index in [2.05, 4.69) is 10.2 Å². The van der Waals surface area contributed by atoms with Gasteiger partial charge in [-0.2, -0.15) is 13.2 Å². The number of β-amino-alcohol motifs (C(OH)–C–C–N with tert-alkyl or cyclic N) is 1. The summed E-state index contributed by atoms with van der Waals surface area (Å²) < 4.78 is 40.6. The number of alkyl halides is 3. The van der Waals surface area contributed by atoms with Crippen molar-refractivity contribution in [1.29, 1.82) is 0 Å². The Morgan fingerprint density at radius 2 is 1.88 bits per heavy atom. The molecule has 0 spiro atoms. The van der Waals surface area contributed by atoms with Gasteiger partial charge in [-0.1, -0.05) is 12.1 Å². The Labute approximate surface area is 137 Å². The molecule has 1 atom stereocenters. The molecule has 1 aromatic heterocycles. The molecule has 0 amide bonds. The second kappa shape index (κ2) is 5.86. The Hall–Kier alpha value is -1.93. The number of aryl methyl sites for hydroxylation is 1. The third kappa shape index (κ3) is 3.29. The molecule has 0 aliphatic carbocycles. The van der Waals surface area contributed by atoms with Crippen LogP contribution in [0.25, 0.3) is 0 Å². The summed E-state index contributed by atoms with van der Waals surface area (Å²) in [4.78, 5) is 1.98. The summed E-state index contributed by atoms with van der Waals surface area (Å²) in [7, 11) is 0. The van der Waals surface area contributed by atoms with E-state index in [-0.39, 0.29) is 12.1 Å². The zero-order valence-electron chi connectivity index (χ0n) is 13.5. The second-order valence-electron chi connectivity index (χ2n) is 6.38. The minimum Gasteiger partial charge on any atom is -0.384 e. The normalized spacial score (nSPS) is 18.2. The summed E-state index contributed by atoms with van der Waals surface area (Å²) in [6.07, 6.45) is -4.43. The van der Waals surface area contributed by atoms with Gasteiger partial charge < -0.3 is 9.67 Å². The van der Waals surface area contributed by atoms with E-state index >= 15 is 0 Å². The average molecular weight is 340 g/mol. The molecule has 0 radical (unpaired) electrons. The summed E-state index contributed by atoms with van der Waals surface area (Å²) in [6.45, 7) is 5.53. The summed E-state index contributed by atoms with van der Waals surface area (Å²) in [5, 5.41) is 18.9. The smallest absolute Gasteiger partial charge is 0.384 e. The molecule has 0 fully saturated rings. The highest BCUT2D eigenvalue weighted by Gasteiger charge is 2.34. The molecule has 1 aromatic carbocycles. The van der Waals surface area contributed by atoms with Crippen molar-refractivity contribution in [1.82, 2.24) is 19.7 Å². The SMILES string of the molecule is Cc1nnc2n1CCN(C[C@](C)(O)c1cccc(C(F)(F)F)c1)C2. The fraction of sp³-hybridized carbons (Fsp3) is 0.500. The first-order valence-electron chi connectivity index (χ1n) is 7.68. The van der Waals surface area contributed by atoms with Gasteiger partial charge in [0.1, 0.15) is 11.6 Å². The zero-order chi connectivity index (χ0) is 17.5. The number of hydrogen-bond acceptors (Lipinski definition) is 4. The lowest BCUT2D eigenvalue weighted by atomic mass is 9.93. The van der Waals surface area contributed by atoms with Crippen molar-refractivity contribution in [3.8, 4) is 0 Å². The molecule has 5 nitrogen and oxygen atoms in total. The van der Waals surface area contributed by atoms with Gasteiger partial charge in [0.2, 0.25) is 0 Å². The van der Waals surface area contributed by atoms with Gasteiger partial charge in [-0.05, 0) is 31.5 Å². The van der Waals surface area contributed by atoms with Crippen molar-refractivity contribution >= 4 is 0 Å². The molecule has 0 bridgehead atoms. The summed E-state index contributed by atoms with van der Waals surface area (Å²) in [5.74, 6) is 1.65. The van der Waals surface area contributed by atoms with Crippen LogP contribution in [0.4, 0.5) is 13.2 Å². The molecule has 1 aliphatic heterocycles. The number of aliphatic hydroxyl groups is 1. The van der Waals surface area contributed by atoms with Crippen LogP contribution in [0.15, 0.2) is 24.3 Å². The van der Waals surface area contributed by atoms with Gasteiger partial charge in [0, 0.05) is 19.6 Å². The largest absolute Gasteiger partial charge is 0.416 e. The van der Waals surface area contributed by atoms with Crippen molar-refractivity contribution in [2.24, 2.45) is 0 Å². The van der Waals surface area contributed by atoms with Crippen LogP contribution in [-0.2, 0) is 24.9 Å². The number of rotatable bonds is 3. The Kier molecular flexibility index (Phi) is 4.13. The van der Waals surface area contributed by atoms with Crippen molar-refractivity contribution in [2.45, 2.75) is 38.7 Å². The number of nitrogens with zero attached hydrogens (tertiary/aromatic N) is 4. The fourth-order valence-electron chi connectivity index (χ4n) is 3.05. The monoisotopic (exact) mass is 340 g/mol. The molecule has 2 aromatic rings. The van der Waals surface area contributed by atoms with E-state index in [0.717, 1.165) is 23.8 Å². The van der Waals surface area contributed by atoms with Crippen LogP contribution in [0.1, 0.15) is 29.7 Å². The van der Waals surface area contributed by atoms with E-state index in [9.17, 15) is 18.3 Å². The second-order valence-corrected chi connectivity index (χ2v) is 6.38. The maximum atomic E-state index is 12.9. The third-order valence-electron chi connectivity index (χ3n) is 4.36. The van der Waals surface area contributed by atoms with Crippen LogP contribution in [0.2, 0.25) is 0 Å². The zero-order valence-corrected chi connectivity index (χ0v) is 13.5. The molecule has 1 N–H and O–H groups in total. The van der Waals surface area contributed by atoms with Crippen molar-refractivity contribution in [2.75, 3.05) is 13.1 Å². The molecule has 8 heteroatoms. The number of halogens is 3. The van der Waals surface area contributed by atoms with Crippen molar-refractivity contribution in [3.63, 3.8) is 0 Å². The summed E-state index contributed by atoms with van der Waals surface area (Å²) in [5.41, 5.74) is -1.90. The number of hydrogen-bond donors (Lipinski definition) is 1. The number of benzene rings is 1. The van der Waals surface area contributed by atoms with Gasteiger partial charge >= 0.3 is 6.18 Å². The van der Waals surface area contributed by atoms with E-state index in [4.69, 9.17) is 0 Å². The third-order valence-corrected chi connectivity index (χ3v) is 4.36.